The van der Waals surface area contributed by atoms with Gasteiger partial charge in [-0.3, -0.25) is 15.4 Å². The molecule has 0 unspecified atom stereocenters. The second-order valence-corrected chi connectivity index (χ2v) is 7.97. The number of thiocarbonyl (C=S) groups is 1. The minimum absolute atomic E-state index is 0.329. The van der Waals surface area contributed by atoms with Crippen LogP contribution in [-0.4, -0.2) is 26.8 Å². The van der Waals surface area contributed by atoms with Gasteiger partial charge in [0.05, 0.1) is 12.8 Å². The van der Waals surface area contributed by atoms with Crippen molar-refractivity contribution in [2.24, 2.45) is 0 Å². The number of nitrogens with one attached hydrogen (secondary N) is 3. The van der Waals surface area contributed by atoms with Crippen LogP contribution in [0.1, 0.15) is 0 Å². The fourth-order valence-corrected chi connectivity index (χ4v) is 3.55. The first-order chi connectivity index (χ1) is 16.0. The van der Waals surface area contributed by atoms with E-state index in [0.29, 0.717) is 26.7 Å². The van der Waals surface area contributed by atoms with E-state index in [1.165, 1.54) is 0 Å². The summed E-state index contributed by atoms with van der Waals surface area (Å²) < 4.78 is 7.29. The van der Waals surface area contributed by atoms with E-state index in [0.717, 1.165) is 22.7 Å². The van der Waals surface area contributed by atoms with Gasteiger partial charge in [0.25, 0.3) is 0 Å². The van der Waals surface area contributed by atoms with Crippen molar-refractivity contribution in [2.45, 2.75) is 0 Å². The molecule has 0 fully saturated rings. The Labute approximate surface area is 206 Å². The van der Waals surface area contributed by atoms with E-state index >= 15 is 0 Å². The fraction of sp³-hybridized carbons (Fsp3) is 0.0435. The van der Waals surface area contributed by atoms with Gasteiger partial charge in [0, 0.05) is 16.3 Å². The number of ether oxygens (including phenoxy) is 1. The SMILES string of the molecule is COc1ccc(-n2c(NNC(=S)Nc3ccc(Cl)cc3)nc(-c3ccccc3)nc2=S)cc1. The van der Waals surface area contributed by atoms with Crippen molar-refractivity contribution in [3.05, 3.63) is 88.7 Å². The number of methoxy groups -OCH3 is 1. The molecule has 0 radical (unpaired) electrons. The Bertz CT molecular complexity index is 1310. The summed E-state index contributed by atoms with van der Waals surface area (Å²) in [7, 11) is 1.62. The average molecular weight is 495 g/mol. The molecule has 0 saturated carbocycles. The second kappa shape index (κ2) is 10.4. The van der Waals surface area contributed by atoms with Gasteiger partial charge in [-0.25, -0.2) is 0 Å². The lowest BCUT2D eigenvalue weighted by atomic mass is 10.2. The maximum absolute atomic E-state index is 5.94. The number of halogens is 1. The molecule has 4 aromatic rings. The zero-order valence-corrected chi connectivity index (χ0v) is 19.8. The first kappa shape index (κ1) is 22.7. The second-order valence-electron chi connectivity index (χ2n) is 6.76. The Morgan fingerprint density at radius 2 is 1.64 bits per heavy atom. The Hall–Kier alpha value is -3.53. The maximum Gasteiger partial charge on any atom is 0.230 e. The third kappa shape index (κ3) is 5.64. The van der Waals surface area contributed by atoms with E-state index in [4.69, 9.17) is 40.8 Å². The molecule has 0 saturated heterocycles. The molecule has 0 aliphatic heterocycles. The molecule has 0 amide bonds. The van der Waals surface area contributed by atoms with Crippen molar-refractivity contribution in [1.82, 2.24) is 20.0 Å². The highest BCUT2D eigenvalue weighted by molar-refractivity contribution is 7.80. The Kier molecular flexibility index (Phi) is 7.13. The van der Waals surface area contributed by atoms with E-state index < -0.39 is 0 Å². The van der Waals surface area contributed by atoms with Crippen molar-refractivity contribution >= 4 is 52.8 Å². The zero-order chi connectivity index (χ0) is 23.2. The molecule has 10 heteroatoms. The van der Waals surface area contributed by atoms with E-state index in [1.807, 2.05) is 66.7 Å². The van der Waals surface area contributed by atoms with Gasteiger partial charge in [0.2, 0.25) is 10.7 Å². The summed E-state index contributed by atoms with van der Waals surface area (Å²) in [6.07, 6.45) is 0. The molecule has 0 atom stereocenters. The predicted molar refractivity (Wildman–Crippen MR) is 139 cm³/mol. The van der Waals surface area contributed by atoms with E-state index in [2.05, 4.69) is 26.1 Å². The van der Waals surface area contributed by atoms with Gasteiger partial charge in [-0.15, -0.1) is 0 Å². The number of benzene rings is 3. The van der Waals surface area contributed by atoms with Gasteiger partial charge < -0.3 is 10.1 Å². The van der Waals surface area contributed by atoms with Crippen LogP contribution in [-0.2, 0) is 0 Å². The number of rotatable bonds is 6. The number of anilines is 2. The quantitative estimate of drug-likeness (QED) is 0.235. The van der Waals surface area contributed by atoms with Gasteiger partial charge in [0.15, 0.2) is 10.9 Å². The largest absolute Gasteiger partial charge is 0.497 e. The monoisotopic (exact) mass is 494 g/mol. The summed E-state index contributed by atoms with van der Waals surface area (Å²) in [5.74, 6) is 1.64. The standard InChI is InChI=1S/C23H19ClN6OS2/c1-31-19-13-11-18(12-14-19)30-21(26-20(27-23(30)33)15-5-3-2-4-6-15)28-29-22(32)25-17-9-7-16(24)8-10-17/h2-14H,1H3,(H2,25,29,32)(H,26,27,28,33). The van der Waals surface area contributed by atoms with Crippen LogP contribution in [0.2, 0.25) is 5.02 Å². The summed E-state index contributed by atoms with van der Waals surface area (Å²) in [6, 6.07) is 24.2. The normalized spacial score (nSPS) is 10.4. The highest BCUT2D eigenvalue weighted by Crippen LogP contribution is 2.22. The summed E-state index contributed by atoms with van der Waals surface area (Å²) in [5, 5.41) is 4.06. The van der Waals surface area contributed by atoms with Gasteiger partial charge in [-0.2, -0.15) is 9.97 Å². The predicted octanol–water partition coefficient (Wildman–Crippen LogP) is 5.64. The van der Waals surface area contributed by atoms with Crippen LogP contribution in [0, 0.1) is 4.77 Å². The smallest absolute Gasteiger partial charge is 0.230 e. The minimum Gasteiger partial charge on any atom is -0.497 e. The molecule has 3 aromatic carbocycles. The molecule has 33 heavy (non-hydrogen) atoms. The third-order valence-corrected chi connectivity index (χ3v) is 5.30. The summed E-state index contributed by atoms with van der Waals surface area (Å²) in [6.45, 7) is 0. The molecule has 4 rings (SSSR count). The van der Waals surface area contributed by atoms with Crippen LogP contribution >= 0.6 is 36.0 Å². The maximum atomic E-state index is 5.94. The summed E-state index contributed by atoms with van der Waals surface area (Å²) in [5.41, 5.74) is 8.41. The van der Waals surface area contributed by atoms with Crippen LogP contribution in [0.25, 0.3) is 17.1 Å². The number of nitrogens with zero attached hydrogens (tertiary/aromatic N) is 3. The molecule has 1 aromatic heterocycles. The molecule has 1 heterocycles. The van der Waals surface area contributed by atoms with E-state index in [-0.39, 0.29) is 0 Å². The number of aromatic nitrogens is 3. The van der Waals surface area contributed by atoms with Crippen molar-refractivity contribution in [1.29, 1.82) is 0 Å². The lowest BCUT2D eigenvalue weighted by molar-refractivity contribution is 0.414. The van der Waals surface area contributed by atoms with Crippen molar-refractivity contribution in [3.63, 3.8) is 0 Å². The first-order valence-electron chi connectivity index (χ1n) is 9.83. The third-order valence-electron chi connectivity index (χ3n) is 4.57. The van der Waals surface area contributed by atoms with Crippen LogP contribution in [0.3, 0.4) is 0 Å². The lowest BCUT2D eigenvalue weighted by Gasteiger charge is -2.17. The van der Waals surface area contributed by atoms with Gasteiger partial charge in [-0.1, -0.05) is 41.9 Å². The Morgan fingerprint density at radius 3 is 2.30 bits per heavy atom. The molecule has 0 aliphatic rings. The topological polar surface area (TPSA) is 76.0 Å². The van der Waals surface area contributed by atoms with Crippen molar-refractivity contribution < 1.29 is 4.74 Å². The van der Waals surface area contributed by atoms with Crippen LogP contribution in [0.4, 0.5) is 11.6 Å². The Balaban J connectivity index is 1.65. The molecular weight excluding hydrogens is 476 g/mol. The molecule has 0 aliphatic carbocycles. The van der Waals surface area contributed by atoms with Gasteiger partial charge in [0.1, 0.15) is 5.75 Å². The van der Waals surface area contributed by atoms with E-state index in [1.54, 1.807) is 23.8 Å². The fourth-order valence-electron chi connectivity index (χ4n) is 2.98. The highest BCUT2D eigenvalue weighted by atomic mass is 35.5. The number of hydrogen-bond donors (Lipinski definition) is 3. The number of hydrazine groups is 1. The minimum atomic E-state index is 0.329. The van der Waals surface area contributed by atoms with E-state index in [9.17, 15) is 0 Å². The zero-order valence-electron chi connectivity index (χ0n) is 17.4. The molecule has 7 nitrogen and oxygen atoms in total. The van der Waals surface area contributed by atoms with Crippen LogP contribution < -0.4 is 20.9 Å². The van der Waals surface area contributed by atoms with Crippen LogP contribution in [0.15, 0.2) is 78.9 Å². The molecular formula is C23H19ClN6OS2. The summed E-state index contributed by atoms with van der Waals surface area (Å²) in [4.78, 5) is 9.22. The summed E-state index contributed by atoms with van der Waals surface area (Å²) >= 11 is 17.0. The highest BCUT2D eigenvalue weighted by Gasteiger charge is 2.12. The lowest BCUT2D eigenvalue weighted by Crippen LogP contribution is -2.35. The Morgan fingerprint density at radius 1 is 0.939 bits per heavy atom. The number of hydrogen-bond acceptors (Lipinski definition) is 6. The molecule has 3 N–H and O–H groups in total. The molecule has 0 bridgehead atoms. The molecule has 166 valence electrons. The first-order valence-corrected chi connectivity index (χ1v) is 11.0. The van der Waals surface area contributed by atoms with Crippen LogP contribution in [0.5, 0.6) is 5.75 Å². The van der Waals surface area contributed by atoms with Crippen molar-refractivity contribution in [2.75, 3.05) is 17.9 Å². The average Bonchev–Trinajstić information content (AvgIpc) is 2.84. The van der Waals surface area contributed by atoms with Crippen molar-refractivity contribution in [3.8, 4) is 22.8 Å². The van der Waals surface area contributed by atoms with Gasteiger partial charge in [-0.05, 0) is 73.0 Å². The molecule has 0 spiro atoms. The van der Waals surface area contributed by atoms with Gasteiger partial charge >= 0.3 is 0 Å².